The van der Waals surface area contributed by atoms with E-state index >= 15 is 0 Å². The second-order valence-corrected chi connectivity index (χ2v) is 15.6. The van der Waals surface area contributed by atoms with Gasteiger partial charge in [-0.2, -0.15) is 0 Å². The minimum atomic E-state index is -1.26. The van der Waals surface area contributed by atoms with E-state index in [1.807, 2.05) is 0 Å². The third-order valence-corrected chi connectivity index (χ3v) is 9.93. The molecule has 0 radical (unpaired) electrons. The zero-order chi connectivity index (χ0) is 49.7. The Morgan fingerprint density at radius 2 is 1.25 bits per heavy atom. The molecule has 0 saturated heterocycles. The van der Waals surface area contributed by atoms with Gasteiger partial charge >= 0.3 is 35.9 Å². The molecule has 0 aliphatic rings. The molecule has 23 nitrogen and oxygen atoms in total. The van der Waals surface area contributed by atoms with E-state index in [2.05, 4.69) is 37.2 Å². The van der Waals surface area contributed by atoms with Gasteiger partial charge < -0.3 is 67.5 Å². The summed E-state index contributed by atoms with van der Waals surface area (Å²) in [4.78, 5) is 120. The van der Waals surface area contributed by atoms with E-state index in [1.54, 1.807) is 49.4 Å². The molecule has 0 aromatic heterocycles. The summed E-state index contributed by atoms with van der Waals surface area (Å²) in [6.07, 6.45) is 0.0274. The fraction of sp³-hybridized carbons (Fsp3) is 0.500. The number of urea groups is 1. The monoisotopic (exact) mass is 943 g/mol. The van der Waals surface area contributed by atoms with Crippen molar-refractivity contribution in [2.24, 2.45) is 5.92 Å². The van der Waals surface area contributed by atoms with Gasteiger partial charge in [0.2, 0.25) is 11.8 Å². The van der Waals surface area contributed by atoms with Gasteiger partial charge in [0, 0.05) is 51.4 Å². The lowest BCUT2D eigenvalue weighted by Crippen LogP contribution is -2.49. The number of carboxylic acids is 5. The Bertz CT molecular complexity index is 1970. The second-order valence-electron chi connectivity index (χ2n) is 15.6. The molecule has 23 heteroatoms. The number of carboxylic acid groups (broad SMARTS) is 5. The van der Waals surface area contributed by atoms with Crippen LogP contribution in [0.1, 0.15) is 69.4 Å². The number of Topliss-reactive ketones (excluding diaryl/α,β-unsaturated/α-hetero) is 1. The van der Waals surface area contributed by atoms with E-state index in [4.69, 9.17) is 14.9 Å². The van der Waals surface area contributed by atoms with Crippen LogP contribution in [0.4, 0.5) is 4.79 Å². The van der Waals surface area contributed by atoms with Crippen LogP contribution in [0.2, 0.25) is 0 Å². The number of carbonyl (C=O) groups excluding carboxylic acids is 5. The quantitative estimate of drug-likeness (QED) is 0.0402. The number of nitrogens with one attached hydrogen (secondary N) is 7. The third-order valence-electron chi connectivity index (χ3n) is 9.93. The number of ketones is 1. The minimum absolute atomic E-state index is 0.0484. The van der Waals surface area contributed by atoms with Crippen LogP contribution in [0.5, 0.6) is 5.75 Å². The first-order chi connectivity index (χ1) is 31.8. The number of amides is 5. The maximum Gasteiger partial charge on any atom is 0.326 e. The molecule has 0 fully saturated rings. The SMILES string of the molecule is C[C@H](CCC(=O)O)NC(=O)N[C@@H](CCCCNC(=O)[C@H](Cc1ccccc1)NC(=O)COc1ccc(C[C@H](CC(=O)CNC(=O)CCC(NCCNCC(=O)O)C(=O)O)C(=O)O)cc1)C(=O)O. The maximum atomic E-state index is 13.3. The largest absolute Gasteiger partial charge is 0.484 e. The Kier molecular flexibility index (Phi) is 25.8. The van der Waals surface area contributed by atoms with Crippen molar-refractivity contribution in [2.75, 3.05) is 39.3 Å². The van der Waals surface area contributed by atoms with Crippen LogP contribution >= 0.6 is 0 Å². The molecule has 0 aliphatic heterocycles. The standard InChI is InChI=1S/C44H61N7O16/c1-27(10-17-38(55)56)49-44(66)51-34(43(64)65)9-5-6-18-47-40(59)35(22-28-7-3-2-4-8-28)50-37(54)26-67-32-13-11-29(12-14-32)21-30(41(60)61)23-31(52)24-48-36(53)16-15-33(42(62)63)46-20-19-45-25-39(57)58/h2-4,7-8,11-14,27,30,33-35,45-46H,5-6,9-10,15-26H2,1H3,(H,47,59)(H,48,53)(H,50,54)(H,55,56)(H,57,58)(H,60,61)(H,62,63)(H,64,65)(H2,49,51,66)/t27-,30-,33?,34+,35+/m1/s1. The summed E-state index contributed by atoms with van der Waals surface area (Å²) in [5.41, 5.74) is 1.29. The fourth-order valence-electron chi connectivity index (χ4n) is 6.35. The van der Waals surface area contributed by atoms with Crippen molar-refractivity contribution in [2.45, 2.75) is 95.3 Å². The molecular formula is C44H61N7O16. The molecule has 12 N–H and O–H groups in total. The van der Waals surface area contributed by atoms with Gasteiger partial charge in [-0.25, -0.2) is 9.59 Å². The van der Waals surface area contributed by atoms with Gasteiger partial charge in [0.1, 0.15) is 23.9 Å². The van der Waals surface area contributed by atoms with E-state index in [-0.39, 0.29) is 76.9 Å². The van der Waals surface area contributed by atoms with Gasteiger partial charge in [0.25, 0.3) is 5.91 Å². The molecule has 1 unspecified atom stereocenters. The first kappa shape index (κ1) is 56.0. The number of ether oxygens (including phenoxy) is 1. The summed E-state index contributed by atoms with van der Waals surface area (Å²) in [5.74, 6) is -9.01. The Balaban J connectivity index is 1.84. The van der Waals surface area contributed by atoms with Crippen LogP contribution in [0.3, 0.4) is 0 Å². The lowest BCUT2D eigenvalue weighted by atomic mass is 9.94. The average Bonchev–Trinajstić information content (AvgIpc) is 3.27. The molecule has 2 aromatic carbocycles. The normalized spacial score (nSPS) is 13.0. The molecule has 0 bridgehead atoms. The van der Waals surface area contributed by atoms with Crippen molar-refractivity contribution in [3.8, 4) is 5.75 Å². The van der Waals surface area contributed by atoms with Crippen LogP contribution in [0.25, 0.3) is 0 Å². The number of hydrogen-bond acceptors (Lipinski definition) is 13. The predicted octanol–water partition coefficient (Wildman–Crippen LogP) is -0.0990. The zero-order valence-electron chi connectivity index (χ0n) is 37.1. The van der Waals surface area contributed by atoms with Crippen molar-refractivity contribution < 1.29 is 78.2 Å². The number of unbranched alkanes of at least 4 members (excludes halogenated alkanes) is 1. The van der Waals surface area contributed by atoms with Gasteiger partial charge in [0.15, 0.2) is 12.4 Å². The van der Waals surface area contributed by atoms with Gasteiger partial charge in [0.05, 0.1) is 19.0 Å². The van der Waals surface area contributed by atoms with Crippen molar-refractivity contribution in [1.29, 1.82) is 0 Å². The first-order valence-electron chi connectivity index (χ1n) is 21.6. The number of carbonyl (C=O) groups is 10. The van der Waals surface area contributed by atoms with E-state index < -0.39 is 109 Å². The highest BCUT2D eigenvalue weighted by Crippen LogP contribution is 2.18. The Morgan fingerprint density at radius 1 is 0.582 bits per heavy atom. The Labute approximate surface area is 386 Å². The predicted molar refractivity (Wildman–Crippen MR) is 237 cm³/mol. The topological polar surface area (TPSA) is 365 Å². The van der Waals surface area contributed by atoms with Crippen LogP contribution in [0, 0.1) is 5.92 Å². The highest BCUT2D eigenvalue weighted by molar-refractivity contribution is 5.89. The highest BCUT2D eigenvalue weighted by Gasteiger charge is 2.25. The van der Waals surface area contributed by atoms with E-state index in [0.717, 1.165) is 5.56 Å². The van der Waals surface area contributed by atoms with E-state index in [1.165, 1.54) is 12.1 Å². The Morgan fingerprint density at radius 3 is 1.88 bits per heavy atom. The zero-order valence-corrected chi connectivity index (χ0v) is 37.1. The minimum Gasteiger partial charge on any atom is -0.484 e. The second kappa shape index (κ2) is 30.9. The van der Waals surface area contributed by atoms with Crippen molar-refractivity contribution >= 4 is 59.4 Å². The number of rotatable bonds is 35. The summed E-state index contributed by atoms with van der Waals surface area (Å²) in [6.45, 7) is 0.794. The van der Waals surface area contributed by atoms with E-state index in [0.29, 0.717) is 18.4 Å². The van der Waals surface area contributed by atoms with Crippen molar-refractivity contribution in [3.05, 3.63) is 65.7 Å². The van der Waals surface area contributed by atoms with Crippen LogP contribution < -0.4 is 42.0 Å². The highest BCUT2D eigenvalue weighted by atomic mass is 16.5. The van der Waals surface area contributed by atoms with Gasteiger partial charge in [-0.05, 0) is 68.7 Å². The van der Waals surface area contributed by atoms with E-state index in [9.17, 15) is 63.3 Å². The Hall–Kier alpha value is -7.14. The van der Waals surface area contributed by atoms with Crippen molar-refractivity contribution in [1.82, 2.24) is 37.2 Å². The van der Waals surface area contributed by atoms with Gasteiger partial charge in [-0.15, -0.1) is 0 Å². The summed E-state index contributed by atoms with van der Waals surface area (Å²) in [5, 5.41) is 64.1. The molecule has 67 heavy (non-hydrogen) atoms. The maximum absolute atomic E-state index is 13.3. The number of hydrogen-bond donors (Lipinski definition) is 12. The molecule has 2 rings (SSSR count). The first-order valence-corrected chi connectivity index (χ1v) is 21.6. The van der Waals surface area contributed by atoms with Crippen LogP contribution in [-0.4, -0.2) is 148 Å². The van der Waals surface area contributed by atoms with Gasteiger partial charge in [-0.3, -0.25) is 38.4 Å². The molecule has 0 saturated carbocycles. The molecule has 5 amide bonds. The molecular weight excluding hydrogens is 883 g/mol. The summed E-state index contributed by atoms with van der Waals surface area (Å²) >= 11 is 0. The lowest BCUT2D eigenvalue weighted by Gasteiger charge is -2.20. The lowest BCUT2D eigenvalue weighted by molar-refractivity contribution is -0.143. The third kappa shape index (κ3) is 25.2. The summed E-state index contributed by atoms with van der Waals surface area (Å²) < 4.78 is 5.62. The molecule has 5 atom stereocenters. The summed E-state index contributed by atoms with van der Waals surface area (Å²) in [7, 11) is 0. The fourth-order valence-corrected chi connectivity index (χ4v) is 6.35. The van der Waals surface area contributed by atoms with Crippen molar-refractivity contribution in [3.63, 3.8) is 0 Å². The number of aliphatic carboxylic acids is 5. The van der Waals surface area contributed by atoms with Crippen LogP contribution in [0.15, 0.2) is 54.6 Å². The molecule has 368 valence electrons. The van der Waals surface area contributed by atoms with Gasteiger partial charge in [-0.1, -0.05) is 42.5 Å². The molecule has 0 heterocycles. The average molecular weight is 944 g/mol. The summed E-state index contributed by atoms with van der Waals surface area (Å²) in [6, 6.07) is 10.5. The molecule has 0 aliphatic carbocycles. The molecule has 2 aromatic rings. The smallest absolute Gasteiger partial charge is 0.326 e. The van der Waals surface area contributed by atoms with Crippen LogP contribution in [-0.2, 0) is 56.0 Å². The molecule has 0 spiro atoms. The number of benzene rings is 2.